The predicted octanol–water partition coefficient (Wildman–Crippen LogP) is -1.20. The molecule has 5 heteroatoms. The van der Waals surface area contributed by atoms with Gasteiger partial charge in [-0.1, -0.05) is 0 Å². The van der Waals surface area contributed by atoms with Crippen LogP contribution in [0.25, 0.3) is 0 Å². The molecule has 0 spiro atoms. The van der Waals surface area contributed by atoms with Crippen LogP contribution < -0.4 is 0 Å². The number of carboxylic acid groups (broad SMARTS) is 1. The molecule has 0 unspecified atom stereocenters. The van der Waals surface area contributed by atoms with Gasteiger partial charge in [0, 0.05) is 0 Å². The summed E-state index contributed by atoms with van der Waals surface area (Å²) in [6, 6.07) is 0. The first kappa shape index (κ1) is 9.80. The molecule has 0 atom stereocenters. The summed E-state index contributed by atoms with van der Waals surface area (Å²) in [6.07, 6.45) is 0. The Balaban J connectivity index is 0. The zero-order chi connectivity index (χ0) is 5.58. The summed E-state index contributed by atoms with van der Waals surface area (Å²) in [5.74, 6) is 0. The Morgan fingerprint density at radius 2 is 1.67 bits per heavy atom. The van der Waals surface area contributed by atoms with Crippen molar-refractivity contribution < 1.29 is 13.0 Å². The van der Waals surface area contributed by atoms with Crippen LogP contribution in [0.3, 0.4) is 0 Å². The molecule has 0 aromatic carbocycles. The van der Waals surface area contributed by atoms with Gasteiger partial charge in [0.2, 0.25) is 0 Å². The predicted molar refractivity (Wildman–Crippen MR) is 23.0 cm³/mol. The summed E-state index contributed by atoms with van der Waals surface area (Å²) in [5.41, 5.74) is 0. The van der Waals surface area contributed by atoms with E-state index in [1.165, 1.54) is 0 Å². The molecule has 0 aliphatic carbocycles. The minimum absolute atomic E-state index is 0.100. The second-order valence-corrected chi connectivity index (χ2v) is 1.20. The fourth-order valence-corrected chi connectivity index (χ4v) is 0. The molecule has 0 heterocycles. The van der Waals surface area contributed by atoms with E-state index >= 15 is 0 Å². The topological polar surface area (TPSA) is 54.4 Å². The fraction of sp³-hybridized carbons (Fsp3) is 0. The zero-order valence-corrected chi connectivity index (χ0v) is 8.23. The van der Waals surface area contributed by atoms with Gasteiger partial charge >= 0.3 is 57.1 Å². The van der Waals surface area contributed by atoms with E-state index in [0.717, 1.165) is 16.9 Å². The molecule has 3 nitrogen and oxygen atoms in total. The quantitative estimate of drug-likeness (QED) is 0.554. The van der Waals surface area contributed by atoms with E-state index in [9.17, 15) is 0 Å². The minimum atomic E-state index is -0.833. The van der Waals surface area contributed by atoms with Crippen LogP contribution in [0.2, 0.25) is 0 Å². The van der Waals surface area contributed by atoms with Gasteiger partial charge in [0.05, 0.1) is 0 Å². The molecule has 0 rings (SSSR count). The second kappa shape index (κ2) is 9.16. The third-order valence-corrected chi connectivity index (χ3v) is 0. The maximum absolute atomic E-state index is 9.00. The van der Waals surface area contributed by atoms with E-state index in [4.69, 9.17) is 13.0 Å². The van der Waals surface area contributed by atoms with E-state index in [2.05, 4.69) is 0 Å². The van der Waals surface area contributed by atoms with Gasteiger partial charge < -0.3 is 0 Å². The van der Waals surface area contributed by atoms with Crippen molar-refractivity contribution in [2.75, 3.05) is 0 Å². The Kier molecular flexibility index (Phi) is 15.0. The third kappa shape index (κ3) is 155. The Hall–Kier alpha value is 0.627. The molecule has 0 fully saturated rings. The van der Waals surface area contributed by atoms with Crippen LogP contribution in [0.4, 0.5) is 4.79 Å². The average Bonchev–Trinajstić information content (AvgIpc) is 1.41. The van der Waals surface area contributed by atoms with Crippen molar-refractivity contribution in [2.45, 2.75) is 0 Å². The first-order valence-corrected chi connectivity index (χ1v) is 3.31. The van der Waals surface area contributed by atoms with Gasteiger partial charge in [-0.15, -0.1) is 0 Å². The molecule has 0 aromatic rings. The van der Waals surface area contributed by atoms with Gasteiger partial charge in [-0.3, -0.25) is 0 Å². The van der Waals surface area contributed by atoms with Crippen LogP contribution in [0.1, 0.15) is 0 Å². The van der Waals surface area contributed by atoms with Crippen molar-refractivity contribution in [2.24, 2.45) is 0 Å². The normalized spacial score (nSPS) is 4.83. The van der Waals surface area contributed by atoms with Crippen molar-refractivity contribution >= 4 is 44.1 Å². The monoisotopic (exact) mass is 258 g/mol. The summed E-state index contributed by atoms with van der Waals surface area (Å²) in [4.78, 5) is 9.00. The SMILES string of the molecule is O=C(O)[AsH].[O]=[SnH]. The summed E-state index contributed by atoms with van der Waals surface area (Å²) >= 11 is 1.18. The third-order valence-electron chi connectivity index (χ3n) is 0. The van der Waals surface area contributed by atoms with Crippen LogP contribution in [-0.4, -0.2) is 49.2 Å². The van der Waals surface area contributed by atoms with Crippen LogP contribution >= 0.6 is 0 Å². The Morgan fingerprint density at radius 3 is 1.67 bits per heavy atom. The maximum atomic E-state index is 9.00. The molecule has 0 amide bonds. The van der Waals surface area contributed by atoms with E-state index in [0.29, 0.717) is 0 Å². The molecule has 2 radical (unpaired) electrons. The Morgan fingerprint density at radius 1 is 1.67 bits per heavy atom. The summed E-state index contributed by atoms with van der Waals surface area (Å²) in [5, 5.41) is 7.42. The molecule has 0 aliphatic rings. The summed E-state index contributed by atoms with van der Waals surface area (Å²) < 4.78 is 7.55. The summed E-state index contributed by atoms with van der Waals surface area (Å²) in [6.45, 7) is 0. The van der Waals surface area contributed by atoms with Crippen LogP contribution in [0, 0.1) is 0 Å². The Labute approximate surface area is 57.1 Å². The van der Waals surface area contributed by atoms with Gasteiger partial charge in [0.25, 0.3) is 0 Å². The van der Waals surface area contributed by atoms with Crippen molar-refractivity contribution in [3.63, 3.8) is 0 Å². The number of hydrogen-bond acceptors (Lipinski definition) is 2. The van der Waals surface area contributed by atoms with Crippen molar-refractivity contribution in [1.82, 2.24) is 0 Å². The van der Waals surface area contributed by atoms with E-state index in [1.807, 2.05) is 0 Å². The molecule has 34 valence electrons. The van der Waals surface area contributed by atoms with E-state index in [1.54, 1.807) is 0 Å². The number of hydrogen-bond donors (Lipinski definition) is 1. The van der Waals surface area contributed by atoms with E-state index < -0.39 is 4.76 Å². The molecular weight excluding hydrogens is 254 g/mol. The van der Waals surface area contributed by atoms with Crippen LogP contribution in [-0.2, 0) is 3.08 Å². The number of carbonyl (C=O) groups is 1. The molecule has 6 heavy (non-hydrogen) atoms. The van der Waals surface area contributed by atoms with Crippen LogP contribution in [0.5, 0.6) is 0 Å². The molecule has 0 bridgehead atoms. The van der Waals surface area contributed by atoms with Crippen molar-refractivity contribution in [1.29, 1.82) is 0 Å². The fourth-order valence-electron chi connectivity index (χ4n) is 0. The molecule has 0 aromatic heterocycles. The van der Waals surface area contributed by atoms with E-state index in [-0.39, 0.29) is 22.5 Å². The average molecular weight is 257 g/mol. The van der Waals surface area contributed by atoms with Gasteiger partial charge in [0.1, 0.15) is 0 Å². The molecule has 0 saturated heterocycles. The summed E-state index contributed by atoms with van der Waals surface area (Å²) in [7, 11) is 0. The molecule has 0 saturated carbocycles. The number of rotatable bonds is 0. The first-order chi connectivity index (χ1) is 2.73. The van der Waals surface area contributed by atoms with Gasteiger partial charge in [-0.05, 0) is 0 Å². The van der Waals surface area contributed by atoms with Gasteiger partial charge in [0.15, 0.2) is 0 Å². The molecule has 1 N–H and O–H groups in total. The molecular formula is CH3AsO3Sn. The van der Waals surface area contributed by atoms with Gasteiger partial charge in [-0.2, -0.15) is 0 Å². The van der Waals surface area contributed by atoms with Gasteiger partial charge in [-0.25, -0.2) is 0 Å². The Bertz CT molecular complexity index is 42.1. The second-order valence-electron chi connectivity index (χ2n) is 0.305. The van der Waals surface area contributed by atoms with Crippen molar-refractivity contribution in [3.8, 4) is 0 Å². The van der Waals surface area contributed by atoms with Crippen LogP contribution in [0.15, 0.2) is 0 Å². The first-order valence-electron chi connectivity index (χ1n) is 0.913. The zero-order valence-electron chi connectivity index (χ0n) is 2.84. The standard InChI is InChI=1S/CH2AsO2.O.Sn.H/c2-1(3)4;;;/h2H,(H,3,4);;;. The molecule has 0 aliphatic heterocycles. The van der Waals surface area contributed by atoms with Crippen molar-refractivity contribution in [3.05, 3.63) is 0 Å².